The lowest BCUT2D eigenvalue weighted by atomic mass is 10.0. The summed E-state index contributed by atoms with van der Waals surface area (Å²) in [4.78, 5) is 20.5. The van der Waals surface area contributed by atoms with Gasteiger partial charge in [0.15, 0.2) is 0 Å². The third kappa shape index (κ3) is 3.39. The molecule has 0 saturated carbocycles. The first-order valence-electron chi connectivity index (χ1n) is 8.29. The number of benzene rings is 1. The molecule has 0 spiro atoms. The third-order valence-corrected chi connectivity index (χ3v) is 4.27. The van der Waals surface area contributed by atoms with Crippen LogP contribution >= 0.6 is 0 Å². The predicted octanol–water partition coefficient (Wildman–Crippen LogP) is 3.75. The van der Waals surface area contributed by atoms with E-state index in [-0.39, 0.29) is 11.7 Å². The highest BCUT2D eigenvalue weighted by atomic mass is 19.1. The standard InChI is InChI=1S/C20H16FN3O2/c21-15-4-1-13(2-5-15)3-6-20(25)24-19-9-14-12-26-18-11-22-8-7-16(18)17(14)10-23-19/h1-2,4-5,7-11H,3,6,12H2,(H,23,24,25). The van der Waals surface area contributed by atoms with Gasteiger partial charge in [-0.1, -0.05) is 12.1 Å². The molecule has 1 aliphatic heterocycles. The van der Waals surface area contributed by atoms with Crippen molar-refractivity contribution in [1.82, 2.24) is 9.97 Å². The molecule has 0 bridgehead atoms. The van der Waals surface area contributed by atoms with Gasteiger partial charge in [0.2, 0.25) is 5.91 Å². The van der Waals surface area contributed by atoms with Crippen molar-refractivity contribution in [3.63, 3.8) is 0 Å². The van der Waals surface area contributed by atoms with Crippen LogP contribution in [0.5, 0.6) is 5.75 Å². The van der Waals surface area contributed by atoms with Gasteiger partial charge in [0, 0.05) is 35.5 Å². The Labute approximate surface area is 149 Å². The number of carbonyl (C=O) groups is 1. The number of amides is 1. The Morgan fingerprint density at radius 2 is 2.00 bits per heavy atom. The van der Waals surface area contributed by atoms with Gasteiger partial charge in [-0.25, -0.2) is 9.37 Å². The Balaban J connectivity index is 1.43. The molecule has 0 fully saturated rings. The smallest absolute Gasteiger partial charge is 0.225 e. The number of aryl methyl sites for hydroxylation is 1. The second-order valence-corrected chi connectivity index (χ2v) is 6.06. The topological polar surface area (TPSA) is 64.1 Å². The molecule has 3 aromatic rings. The summed E-state index contributed by atoms with van der Waals surface area (Å²) in [6.07, 6.45) is 5.98. The highest BCUT2D eigenvalue weighted by Crippen LogP contribution is 2.36. The SMILES string of the molecule is O=C(CCc1ccc(F)cc1)Nc1cc2c(cn1)-c1ccncc1OC2. The monoisotopic (exact) mass is 349 g/mol. The van der Waals surface area contributed by atoms with Gasteiger partial charge in [0.25, 0.3) is 0 Å². The lowest BCUT2D eigenvalue weighted by Gasteiger charge is -2.20. The molecule has 6 heteroatoms. The van der Waals surface area contributed by atoms with Crippen LogP contribution in [0.3, 0.4) is 0 Å². The zero-order valence-corrected chi connectivity index (χ0v) is 13.9. The lowest BCUT2D eigenvalue weighted by Crippen LogP contribution is -2.14. The van der Waals surface area contributed by atoms with Gasteiger partial charge in [-0.2, -0.15) is 0 Å². The Bertz CT molecular complexity index is 958. The fourth-order valence-electron chi connectivity index (χ4n) is 2.91. The van der Waals surface area contributed by atoms with Crippen LogP contribution in [-0.2, 0) is 17.8 Å². The summed E-state index contributed by atoms with van der Waals surface area (Å²) >= 11 is 0. The van der Waals surface area contributed by atoms with E-state index >= 15 is 0 Å². The second kappa shape index (κ2) is 6.92. The van der Waals surface area contributed by atoms with E-state index in [1.165, 1.54) is 12.1 Å². The Morgan fingerprint density at radius 1 is 1.15 bits per heavy atom. The normalized spacial score (nSPS) is 11.9. The Kier molecular flexibility index (Phi) is 4.31. The largest absolute Gasteiger partial charge is 0.487 e. The predicted molar refractivity (Wildman–Crippen MR) is 95.2 cm³/mol. The Hall–Kier alpha value is -3.28. The average molecular weight is 349 g/mol. The number of rotatable bonds is 4. The summed E-state index contributed by atoms with van der Waals surface area (Å²) in [5, 5.41) is 2.81. The van der Waals surface area contributed by atoms with Gasteiger partial charge >= 0.3 is 0 Å². The quantitative estimate of drug-likeness (QED) is 0.779. The number of ether oxygens (including phenoxy) is 1. The number of hydrogen-bond acceptors (Lipinski definition) is 4. The number of aromatic nitrogens is 2. The van der Waals surface area contributed by atoms with E-state index in [2.05, 4.69) is 15.3 Å². The second-order valence-electron chi connectivity index (χ2n) is 6.06. The number of carbonyl (C=O) groups excluding carboxylic acids is 1. The summed E-state index contributed by atoms with van der Waals surface area (Å²) in [5.74, 6) is 0.811. The molecule has 26 heavy (non-hydrogen) atoms. The molecular weight excluding hydrogens is 333 g/mol. The molecule has 1 aliphatic rings. The van der Waals surface area contributed by atoms with Crippen LogP contribution in [0.25, 0.3) is 11.1 Å². The maximum atomic E-state index is 12.9. The fraction of sp³-hybridized carbons (Fsp3) is 0.150. The molecule has 0 atom stereocenters. The van der Waals surface area contributed by atoms with E-state index in [1.807, 2.05) is 12.1 Å². The summed E-state index contributed by atoms with van der Waals surface area (Å²) < 4.78 is 18.6. The Morgan fingerprint density at radius 3 is 2.85 bits per heavy atom. The lowest BCUT2D eigenvalue weighted by molar-refractivity contribution is -0.116. The number of pyridine rings is 2. The molecule has 0 unspecified atom stereocenters. The maximum Gasteiger partial charge on any atom is 0.225 e. The highest BCUT2D eigenvalue weighted by Gasteiger charge is 2.18. The van der Waals surface area contributed by atoms with Gasteiger partial charge in [-0.05, 0) is 36.2 Å². The first-order chi connectivity index (χ1) is 12.7. The number of halogens is 1. The van der Waals surface area contributed by atoms with Gasteiger partial charge in [-0.15, -0.1) is 0 Å². The average Bonchev–Trinajstić information content (AvgIpc) is 2.67. The van der Waals surface area contributed by atoms with E-state index in [0.29, 0.717) is 25.3 Å². The molecule has 0 aliphatic carbocycles. The van der Waals surface area contributed by atoms with E-state index in [1.54, 1.807) is 30.7 Å². The van der Waals surface area contributed by atoms with Gasteiger partial charge in [0.1, 0.15) is 24.0 Å². The first kappa shape index (κ1) is 16.2. The van der Waals surface area contributed by atoms with E-state index < -0.39 is 0 Å². The molecule has 1 amide bonds. The van der Waals surface area contributed by atoms with Crippen molar-refractivity contribution in [3.05, 3.63) is 71.9 Å². The molecule has 1 aromatic carbocycles. The van der Waals surface area contributed by atoms with Crippen molar-refractivity contribution in [2.75, 3.05) is 5.32 Å². The van der Waals surface area contributed by atoms with Gasteiger partial charge < -0.3 is 10.1 Å². The summed E-state index contributed by atoms with van der Waals surface area (Å²) in [5.41, 5.74) is 3.81. The summed E-state index contributed by atoms with van der Waals surface area (Å²) in [6, 6.07) is 9.87. The van der Waals surface area contributed by atoms with E-state index in [9.17, 15) is 9.18 Å². The van der Waals surface area contributed by atoms with E-state index in [0.717, 1.165) is 28.0 Å². The number of hydrogen-bond donors (Lipinski definition) is 1. The van der Waals surface area contributed by atoms with Crippen LogP contribution in [0.4, 0.5) is 10.2 Å². The molecular formula is C20H16FN3O2. The number of nitrogens with zero attached hydrogens (tertiary/aromatic N) is 2. The van der Waals surface area contributed by atoms with Crippen LogP contribution in [0.1, 0.15) is 17.5 Å². The van der Waals surface area contributed by atoms with Crippen molar-refractivity contribution in [3.8, 4) is 16.9 Å². The van der Waals surface area contributed by atoms with Crippen LogP contribution in [0.15, 0.2) is 55.0 Å². The third-order valence-electron chi connectivity index (χ3n) is 4.27. The van der Waals surface area contributed by atoms with Crippen LogP contribution in [0.2, 0.25) is 0 Å². The molecule has 3 heterocycles. The number of fused-ring (bicyclic) bond motifs is 3. The fourth-order valence-corrected chi connectivity index (χ4v) is 2.91. The number of anilines is 1. The minimum atomic E-state index is -0.281. The van der Waals surface area contributed by atoms with Crippen molar-refractivity contribution in [2.45, 2.75) is 19.4 Å². The van der Waals surface area contributed by atoms with Crippen molar-refractivity contribution in [1.29, 1.82) is 0 Å². The zero-order chi connectivity index (χ0) is 17.9. The van der Waals surface area contributed by atoms with Gasteiger partial charge in [0.05, 0.1) is 6.20 Å². The molecule has 2 aromatic heterocycles. The van der Waals surface area contributed by atoms with Crippen molar-refractivity contribution >= 4 is 11.7 Å². The highest BCUT2D eigenvalue weighted by molar-refractivity contribution is 5.90. The molecule has 0 radical (unpaired) electrons. The van der Waals surface area contributed by atoms with E-state index in [4.69, 9.17) is 4.74 Å². The first-order valence-corrected chi connectivity index (χ1v) is 8.29. The minimum Gasteiger partial charge on any atom is -0.487 e. The zero-order valence-electron chi connectivity index (χ0n) is 13.9. The molecule has 4 rings (SSSR count). The van der Waals surface area contributed by atoms with Crippen LogP contribution in [0, 0.1) is 5.82 Å². The van der Waals surface area contributed by atoms with Crippen LogP contribution < -0.4 is 10.1 Å². The maximum absolute atomic E-state index is 12.9. The van der Waals surface area contributed by atoms with Gasteiger partial charge in [-0.3, -0.25) is 9.78 Å². The van der Waals surface area contributed by atoms with Crippen LogP contribution in [-0.4, -0.2) is 15.9 Å². The molecule has 1 N–H and O–H groups in total. The number of nitrogens with one attached hydrogen (secondary N) is 1. The molecule has 0 saturated heterocycles. The van der Waals surface area contributed by atoms with Crippen molar-refractivity contribution < 1.29 is 13.9 Å². The minimum absolute atomic E-state index is 0.136. The summed E-state index contributed by atoms with van der Waals surface area (Å²) in [6.45, 7) is 0.412. The van der Waals surface area contributed by atoms with Crippen molar-refractivity contribution in [2.24, 2.45) is 0 Å². The molecule has 130 valence electrons. The summed E-state index contributed by atoms with van der Waals surface area (Å²) in [7, 11) is 0. The molecule has 5 nitrogen and oxygen atoms in total.